The van der Waals surface area contributed by atoms with Crippen molar-refractivity contribution in [1.82, 2.24) is 9.62 Å². The number of nitrogens with one attached hydrogen (secondary N) is 1. The van der Waals surface area contributed by atoms with Crippen molar-refractivity contribution in [3.05, 3.63) is 0 Å². The number of amides is 1. The number of nitrogens with zero attached hydrogens (tertiary/aromatic N) is 1. The number of carbonyl (C=O) groups excluding carboxylic acids is 1. The summed E-state index contributed by atoms with van der Waals surface area (Å²) >= 11 is 0. The molecule has 8 heteroatoms. The molecule has 0 bridgehead atoms. The Balaban J connectivity index is 2.65. The largest absolute Gasteiger partial charge is 0.480 e. The molecule has 0 aromatic carbocycles. The minimum Gasteiger partial charge on any atom is -0.480 e. The summed E-state index contributed by atoms with van der Waals surface area (Å²) in [6.07, 6.45) is 1.19. The van der Waals surface area contributed by atoms with Gasteiger partial charge in [0.05, 0.1) is 11.7 Å². The van der Waals surface area contributed by atoms with Crippen LogP contribution < -0.4 is 5.32 Å². The van der Waals surface area contributed by atoms with Gasteiger partial charge in [0, 0.05) is 13.1 Å². The number of aliphatic carboxylic acids is 1. The molecule has 1 fully saturated rings. The van der Waals surface area contributed by atoms with Gasteiger partial charge in [-0.15, -0.1) is 0 Å². The average Bonchev–Trinajstić information content (AvgIpc) is 2.38. The first-order valence-corrected chi connectivity index (χ1v) is 7.90. The van der Waals surface area contributed by atoms with Crippen LogP contribution >= 0.6 is 0 Å². The maximum atomic E-state index is 11.9. The van der Waals surface area contributed by atoms with Gasteiger partial charge in [-0.05, 0) is 26.7 Å². The zero-order chi connectivity index (χ0) is 14.6. The third-order valence-corrected chi connectivity index (χ3v) is 5.09. The van der Waals surface area contributed by atoms with Crippen LogP contribution in [0.3, 0.4) is 0 Å². The molecule has 0 aromatic rings. The van der Waals surface area contributed by atoms with E-state index in [0.29, 0.717) is 19.4 Å². The molecule has 0 spiro atoms. The second-order valence-corrected chi connectivity index (χ2v) is 6.92. The van der Waals surface area contributed by atoms with E-state index in [1.807, 2.05) is 0 Å². The summed E-state index contributed by atoms with van der Waals surface area (Å²) in [7, 11) is -3.30. The molecule has 0 aromatic heterocycles. The fourth-order valence-electron chi connectivity index (χ4n) is 1.98. The minimum atomic E-state index is -3.30. The smallest absolute Gasteiger partial charge is 0.325 e. The normalized spacial score (nSPS) is 22.7. The lowest BCUT2D eigenvalue weighted by atomic mass is 9.98. The molecular weight excluding hydrogens is 272 g/mol. The summed E-state index contributed by atoms with van der Waals surface area (Å²) < 4.78 is 24.8. The first-order chi connectivity index (χ1) is 8.77. The standard InChI is InChI=1S/C11H20N2O5S/c1-3-19(17,18)13-6-4-5-9(7-13)10(14)12-8(2)11(15)16/h8-9H,3-7H2,1-2H3,(H,12,14)(H,15,16)/t8-,9?/m1/s1. The minimum absolute atomic E-state index is 0.00681. The SMILES string of the molecule is CCS(=O)(=O)N1CCCC(C(=O)N[C@H](C)C(=O)O)C1. The van der Waals surface area contributed by atoms with E-state index in [0.717, 1.165) is 0 Å². The van der Waals surface area contributed by atoms with E-state index in [-0.39, 0.29) is 12.3 Å². The number of carbonyl (C=O) groups is 2. The quantitative estimate of drug-likeness (QED) is 0.720. The molecule has 1 aliphatic rings. The number of carboxylic acids is 1. The highest BCUT2D eigenvalue weighted by atomic mass is 32.2. The Morgan fingerprint density at radius 1 is 1.47 bits per heavy atom. The molecular formula is C11H20N2O5S. The lowest BCUT2D eigenvalue weighted by Gasteiger charge is -2.31. The van der Waals surface area contributed by atoms with Crippen LogP contribution in [-0.2, 0) is 19.6 Å². The fraction of sp³-hybridized carbons (Fsp3) is 0.818. The maximum Gasteiger partial charge on any atom is 0.325 e. The Morgan fingerprint density at radius 3 is 2.63 bits per heavy atom. The van der Waals surface area contributed by atoms with Crippen LogP contribution in [0.1, 0.15) is 26.7 Å². The lowest BCUT2D eigenvalue weighted by molar-refractivity contribution is -0.142. The second kappa shape index (κ2) is 6.33. The van der Waals surface area contributed by atoms with Crippen molar-refractivity contribution in [2.24, 2.45) is 5.92 Å². The third-order valence-electron chi connectivity index (χ3n) is 3.24. The molecule has 0 radical (unpaired) electrons. The second-order valence-electron chi connectivity index (χ2n) is 4.67. The zero-order valence-electron chi connectivity index (χ0n) is 11.1. The lowest BCUT2D eigenvalue weighted by Crippen LogP contribution is -2.48. The van der Waals surface area contributed by atoms with E-state index in [1.54, 1.807) is 6.92 Å². The summed E-state index contributed by atoms with van der Waals surface area (Å²) in [6, 6.07) is -0.967. The van der Waals surface area contributed by atoms with Crippen molar-refractivity contribution in [3.8, 4) is 0 Å². The Kier molecular flexibility index (Phi) is 5.30. The molecule has 1 heterocycles. The number of sulfonamides is 1. The van der Waals surface area contributed by atoms with Gasteiger partial charge in [0.1, 0.15) is 6.04 Å². The van der Waals surface area contributed by atoms with Crippen LogP contribution in [-0.4, -0.2) is 54.6 Å². The number of piperidine rings is 1. The first-order valence-electron chi connectivity index (χ1n) is 6.29. The van der Waals surface area contributed by atoms with E-state index < -0.39 is 33.9 Å². The zero-order valence-corrected chi connectivity index (χ0v) is 11.9. The van der Waals surface area contributed by atoms with Crippen LogP contribution in [0, 0.1) is 5.92 Å². The number of rotatable bonds is 5. The molecule has 2 atom stereocenters. The topological polar surface area (TPSA) is 104 Å². The molecule has 0 saturated carbocycles. The van der Waals surface area contributed by atoms with E-state index in [2.05, 4.69) is 5.32 Å². The van der Waals surface area contributed by atoms with Gasteiger partial charge in [-0.25, -0.2) is 12.7 Å². The van der Waals surface area contributed by atoms with Gasteiger partial charge in [0.25, 0.3) is 0 Å². The van der Waals surface area contributed by atoms with Crippen molar-refractivity contribution in [1.29, 1.82) is 0 Å². The summed E-state index contributed by atoms with van der Waals surface area (Å²) in [4.78, 5) is 22.5. The number of carboxylic acid groups (broad SMARTS) is 1. The van der Waals surface area contributed by atoms with Crippen LogP contribution in [0.5, 0.6) is 0 Å². The molecule has 1 saturated heterocycles. The van der Waals surface area contributed by atoms with Gasteiger partial charge < -0.3 is 10.4 Å². The molecule has 0 aliphatic carbocycles. The molecule has 1 unspecified atom stereocenters. The van der Waals surface area contributed by atoms with E-state index in [1.165, 1.54) is 11.2 Å². The van der Waals surface area contributed by atoms with Gasteiger partial charge in [-0.3, -0.25) is 9.59 Å². The van der Waals surface area contributed by atoms with Crippen molar-refractivity contribution in [2.45, 2.75) is 32.7 Å². The highest BCUT2D eigenvalue weighted by molar-refractivity contribution is 7.89. The molecule has 2 N–H and O–H groups in total. The van der Waals surface area contributed by atoms with Crippen molar-refractivity contribution in [2.75, 3.05) is 18.8 Å². The van der Waals surface area contributed by atoms with Gasteiger partial charge in [-0.1, -0.05) is 0 Å². The van der Waals surface area contributed by atoms with Gasteiger partial charge in [-0.2, -0.15) is 0 Å². The summed E-state index contributed by atoms with van der Waals surface area (Å²) in [6.45, 7) is 3.50. The van der Waals surface area contributed by atoms with Crippen molar-refractivity contribution in [3.63, 3.8) is 0 Å². The first kappa shape index (κ1) is 15.9. The van der Waals surface area contributed by atoms with Crippen LogP contribution in [0.25, 0.3) is 0 Å². The fourth-order valence-corrected chi connectivity index (χ4v) is 3.16. The Hall–Kier alpha value is -1.15. The molecule has 1 amide bonds. The average molecular weight is 292 g/mol. The summed E-state index contributed by atoms with van der Waals surface area (Å²) in [5.41, 5.74) is 0. The van der Waals surface area contributed by atoms with Crippen LogP contribution in [0.15, 0.2) is 0 Å². The number of hydrogen-bond donors (Lipinski definition) is 2. The molecule has 7 nitrogen and oxygen atoms in total. The Labute approximate surface area is 113 Å². The highest BCUT2D eigenvalue weighted by Crippen LogP contribution is 2.19. The van der Waals surface area contributed by atoms with E-state index in [4.69, 9.17) is 5.11 Å². The summed E-state index contributed by atoms with van der Waals surface area (Å²) in [5, 5.41) is 11.1. The van der Waals surface area contributed by atoms with E-state index in [9.17, 15) is 18.0 Å². The van der Waals surface area contributed by atoms with E-state index >= 15 is 0 Å². The maximum absolute atomic E-state index is 11.9. The summed E-state index contributed by atoms with van der Waals surface area (Å²) in [5.74, 6) is -1.97. The predicted molar refractivity (Wildman–Crippen MR) is 69.0 cm³/mol. The number of hydrogen-bond acceptors (Lipinski definition) is 4. The molecule has 19 heavy (non-hydrogen) atoms. The van der Waals surface area contributed by atoms with Gasteiger partial charge in [0.2, 0.25) is 15.9 Å². The van der Waals surface area contributed by atoms with Gasteiger partial charge >= 0.3 is 5.97 Å². The van der Waals surface area contributed by atoms with Crippen LogP contribution in [0.2, 0.25) is 0 Å². The molecule has 110 valence electrons. The predicted octanol–water partition coefficient (Wildman–Crippen LogP) is -0.363. The molecule has 1 aliphatic heterocycles. The van der Waals surface area contributed by atoms with Gasteiger partial charge in [0.15, 0.2) is 0 Å². The monoisotopic (exact) mass is 292 g/mol. The van der Waals surface area contributed by atoms with Crippen LogP contribution in [0.4, 0.5) is 0 Å². The Morgan fingerprint density at radius 2 is 2.11 bits per heavy atom. The Bertz CT molecular complexity index is 448. The third kappa shape index (κ3) is 4.17. The van der Waals surface area contributed by atoms with Crippen molar-refractivity contribution < 1.29 is 23.1 Å². The molecule has 1 rings (SSSR count). The highest BCUT2D eigenvalue weighted by Gasteiger charge is 2.32. The van der Waals surface area contributed by atoms with Crippen molar-refractivity contribution >= 4 is 21.9 Å².